The molecule has 3 aromatic rings. The topological polar surface area (TPSA) is 80.6 Å². The van der Waals surface area contributed by atoms with Gasteiger partial charge in [-0.15, -0.1) is 0 Å². The van der Waals surface area contributed by atoms with Gasteiger partial charge in [0.05, 0.1) is 44.1 Å². The second kappa shape index (κ2) is 7.46. The lowest BCUT2D eigenvalue weighted by atomic mass is 10.1. The average Bonchev–Trinajstić information content (AvgIpc) is 2.73. The first-order valence-corrected chi connectivity index (χ1v) is 8.95. The Labute approximate surface area is 157 Å². The SMILES string of the molecule is COc1ccc(-c2ccc3c(N4CCOC[C@@H]4C)ncnc3n2)cc1CO. The molecule has 0 bridgehead atoms. The molecule has 3 heterocycles. The first-order valence-electron chi connectivity index (χ1n) is 8.95. The van der Waals surface area contributed by atoms with Gasteiger partial charge in [0.15, 0.2) is 5.65 Å². The monoisotopic (exact) mass is 366 g/mol. The number of hydrogen-bond acceptors (Lipinski definition) is 7. The van der Waals surface area contributed by atoms with Crippen molar-refractivity contribution in [2.75, 3.05) is 31.8 Å². The normalized spacial score (nSPS) is 17.3. The van der Waals surface area contributed by atoms with Crippen molar-refractivity contribution >= 4 is 16.9 Å². The molecule has 0 saturated carbocycles. The molecule has 2 aromatic heterocycles. The molecule has 1 fully saturated rings. The van der Waals surface area contributed by atoms with Gasteiger partial charge in [-0.1, -0.05) is 0 Å². The smallest absolute Gasteiger partial charge is 0.165 e. The molecule has 1 aliphatic heterocycles. The van der Waals surface area contributed by atoms with Crippen LogP contribution < -0.4 is 9.64 Å². The van der Waals surface area contributed by atoms with Crippen molar-refractivity contribution < 1.29 is 14.6 Å². The molecule has 1 atom stereocenters. The standard InChI is InChI=1S/C20H22N4O3/c1-13-11-27-8-7-24(13)20-16-4-5-17(23-19(16)21-12-22-20)14-3-6-18(26-2)15(9-14)10-25/h3-6,9,12-13,25H,7-8,10-11H2,1-2H3/t13-/m0/s1. The summed E-state index contributed by atoms with van der Waals surface area (Å²) in [6, 6.07) is 9.89. The fourth-order valence-electron chi connectivity index (χ4n) is 3.42. The fraction of sp³-hybridized carbons (Fsp3) is 0.350. The Morgan fingerprint density at radius 2 is 2.15 bits per heavy atom. The second-order valence-corrected chi connectivity index (χ2v) is 6.57. The summed E-state index contributed by atoms with van der Waals surface area (Å²) in [5.41, 5.74) is 3.07. The predicted molar refractivity (Wildman–Crippen MR) is 103 cm³/mol. The molecule has 0 aliphatic carbocycles. The third-order valence-corrected chi connectivity index (χ3v) is 4.86. The molecule has 7 nitrogen and oxygen atoms in total. The number of benzene rings is 1. The van der Waals surface area contributed by atoms with Crippen LogP contribution >= 0.6 is 0 Å². The fourth-order valence-corrected chi connectivity index (χ4v) is 3.42. The minimum atomic E-state index is -0.0914. The van der Waals surface area contributed by atoms with E-state index < -0.39 is 0 Å². The van der Waals surface area contributed by atoms with Crippen molar-refractivity contribution in [1.82, 2.24) is 15.0 Å². The van der Waals surface area contributed by atoms with Gasteiger partial charge < -0.3 is 19.5 Å². The lowest BCUT2D eigenvalue weighted by Gasteiger charge is -2.34. The van der Waals surface area contributed by atoms with Gasteiger partial charge in [-0.25, -0.2) is 15.0 Å². The zero-order valence-electron chi connectivity index (χ0n) is 15.4. The number of anilines is 1. The van der Waals surface area contributed by atoms with Crippen LogP contribution in [0.1, 0.15) is 12.5 Å². The van der Waals surface area contributed by atoms with Crippen LogP contribution in [0, 0.1) is 0 Å². The molecule has 27 heavy (non-hydrogen) atoms. The Morgan fingerprint density at radius 1 is 1.26 bits per heavy atom. The van der Waals surface area contributed by atoms with E-state index in [2.05, 4.69) is 21.8 Å². The number of nitrogens with zero attached hydrogens (tertiary/aromatic N) is 4. The Bertz CT molecular complexity index is 963. The van der Waals surface area contributed by atoms with E-state index >= 15 is 0 Å². The van der Waals surface area contributed by atoms with Crippen molar-refractivity contribution in [3.63, 3.8) is 0 Å². The lowest BCUT2D eigenvalue weighted by molar-refractivity contribution is 0.0987. The Morgan fingerprint density at radius 3 is 2.93 bits per heavy atom. The van der Waals surface area contributed by atoms with E-state index in [-0.39, 0.29) is 12.6 Å². The van der Waals surface area contributed by atoms with Gasteiger partial charge in [-0.3, -0.25) is 0 Å². The molecular formula is C20H22N4O3. The maximum absolute atomic E-state index is 9.56. The molecular weight excluding hydrogens is 344 g/mol. The molecule has 1 N–H and O–H groups in total. The zero-order valence-corrected chi connectivity index (χ0v) is 15.4. The number of aliphatic hydroxyl groups is 1. The van der Waals surface area contributed by atoms with Crippen LogP contribution in [0.4, 0.5) is 5.82 Å². The Hall–Kier alpha value is -2.77. The predicted octanol–water partition coefficient (Wildman–Crippen LogP) is 2.42. The van der Waals surface area contributed by atoms with Crippen LogP contribution in [0.5, 0.6) is 5.75 Å². The number of hydrogen-bond donors (Lipinski definition) is 1. The summed E-state index contributed by atoms with van der Waals surface area (Å²) < 4.78 is 10.8. The van der Waals surface area contributed by atoms with E-state index in [1.165, 1.54) is 0 Å². The molecule has 4 rings (SSSR count). The number of pyridine rings is 1. The summed E-state index contributed by atoms with van der Waals surface area (Å²) in [4.78, 5) is 15.8. The van der Waals surface area contributed by atoms with Gasteiger partial charge in [0, 0.05) is 17.7 Å². The van der Waals surface area contributed by atoms with E-state index in [1.54, 1.807) is 13.4 Å². The molecule has 1 aromatic carbocycles. The summed E-state index contributed by atoms with van der Waals surface area (Å²) in [5.74, 6) is 1.55. The molecule has 0 amide bonds. The average molecular weight is 366 g/mol. The molecule has 1 saturated heterocycles. The summed E-state index contributed by atoms with van der Waals surface area (Å²) >= 11 is 0. The third-order valence-electron chi connectivity index (χ3n) is 4.86. The number of aromatic nitrogens is 3. The van der Waals surface area contributed by atoms with Crippen LogP contribution in [-0.4, -0.2) is 53.0 Å². The minimum Gasteiger partial charge on any atom is -0.496 e. The van der Waals surface area contributed by atoms with E-state index in [9.17, 15) is 5.11 Å². The summed E-state index contributed by atoms with van der Waals surface area (Å²) in [6.45, 7) is 4.21. The first kappa shape index (κ1) is 17.6. The maximum atomic E-state index is 9.56. The van der Waals surface area contributed by atoms with Crippen molar-refractivity contribution in [3.8, 4) is 17.0 Å². The van der Waals surface area contributed by atoms with E-state index in [1.807, 2.05) is 30.3 Å². The number of aliphatic hydroxyl groups excluding tert-OH is 1. The van der Waals surface area contributed by atoms with Crippen LogP contribution in [0.25, 0.3) is 22.3 Å². The van der Waals surface area contributed by atoms with Gasteiger partial charge in [0.25, 0.3) is 0 Å². The molecule has 7 heteroatoms. The summed E-state index contributed by atoms with van der Waals surface area (Å²) in [6.07, 6.45) is 1.56. The molecule has 0 radical (unpaired) electrons. The largest absolute Gasteiger partial charge is 0.496 e. The maximum Gasteiger partial charge on any atom is 0.165 e. The zero-order chi connectivity index (χ0) is 18.8. The Balaban J connectivity index is 1.75. The summed E-state index contributed by atoms with van der Waals surface area (Å²) in [7, 11) is 1.59. The lowest BCUT2D eigenvalue weighted by Crippen LogP contribution is -2.44. The molecule has 0 unspecified atom stereocenters. The van der Waals surface area contributed by atoms with Gasteiger partial charge in [0.2, 0.25) is 0 Å². The van der Waals surface area contributed by atoms with E-state index in [4.69, 9.17) is 14.5 Å². The first-order chi connectivity index (χ1) is 13.2. The quantitative estimate of drug-likeness (QED) is 0.759. The highest BCUT2D eigenvalue weighted by Crippen LogP contribution is 2.29. The molecule has 1 aliphatic rings. The van der Waals surface area contributed by atoms with Crippen LogP contribution in [-0.2, 0) is 11.3 Å². The number of rotatable bonds is 4. The van der Waals surface area contributed by atoms with Crippen LogP contribution in [0.3, 0.4) is 0 Å². The number of ether oxygens (including phenoxy) is 2. The van der Waals surface area contributed by atoms with Crippen molar-refractivity contribution in [2.45, 2.75) is 19.6 Å². The number of fused-ring (bicyclic) bond motifs is 1. The van der Waals surface area contributed by atoms with Crippen molar-refractivity contribution in [1.29, 1.82) is 0 Å². The minimum absolute atomic E-state index is 0.0914. The van der Waals surface area contributed by atoms with Crippen molar-refractivity contribution in [3.05, 3.63) is 42.2 Å². The summed E-state index contributed by atoms with van der Waals surface area (Å²) in [5, 5.41) is 10.5. The highest BCUT2D eigenvalue weighted by atomic mass is 16.5. The second-order valence-electron chi connectivity index (χ2n) is 6.57. The highest BCUT2D eigenvalue weighted by Gasteiger charge is 2.22. The third kappa shape index (κ3) is 3.31. The highest BCUT2D eigenvalue weighted by molar-refractivity contribution is 5.88. The van der Waals surface area contributed by atoms with Gasteiger partial charge >= 0.3 is 0 Å². The van der Waals surface area contributed by atoms with Crippen LogP contribution in [0.15, 0.2) is 36.7 Å². The molecule has 140 valence electrons. The molecule has 0 spiro atoms. The number of methoxy groups -OCH3 is 1. The Kier molecular flexibility index (Phi) is 4.87. The van der Waals surface area contributed by atoms with Gasteiger partial charge in [0.1, 0.15) is 17.9 Å². The van der Waals surface area contributed by atoms with Crippen LogP contribution in [0.2, 0.25) is 0 Å². The van der Waals surface area contributed by atoms with E-state index in [0.29, 0.717) is 24.6 Å². The van der Waals surface area contributed by atoms with Gasteiger partial charge in [-0.05, 0) is 37.3 Å². The number of morpholine rings is 1. The van der Waals surface area contributed by atoms with E-state index in [0.717, 1.165) is 34.6 Å². The van der Waals surface area contributed by atoms with Crippen molar-refractivity contribution in [2.24, 2.45) is 0 Å². The van der Waals surface area contributed by atoms with Gasteiger partial charge in [-0.2, -0.15) is 0 Å².